The molecule has 0 radical (unpaired) electrons. The van der Waals surface area contributed by atoms with E-state index >= 15 is 0 Å². The Morgan fingerprint density at radius 3 is 2.42 bits per heavy atom. The number of rotatable bonds is 4. The molecule has 2 aliphatic heterocycles. The predicted octanol–water partition coefficient (Wildman–Crippen LogP) is 2.78. The minimum absolute atomic E-state index is 0.242. The molecule has 1 amide bonds. The Bertz CT molecular complexity index is 746. The monoisotopic (exact) mass is 349 g/mol. The van der Waals surface area contributed by atoms with E-state index in [-0.39, 0.29) is 5.91 Å². The van der Waals surface area contributed by atoms with E-state index in [1.165, 1.54) is 11.1 Å². The summed E-state index contributed by atoms with van der Waals surface area (Å²) >= 11 is 0. The third-order valence-corrected chi connectivity index (χ3v) is 5.48. The zero-order valence-electron chi connectivity index (χ0n) is 15.3. The molecule has 0 N–H and O–H groups in total. The van der Waals surface area contributed by atoms with Gasteiger partial charge in [-0.2, -0.15) is 0 Å². The first-order chi connectivity index (χ1) is 12.8. The van der Waals surface area contributed by atoms with E-state index in [1.807, 2.05) is 11.0 Å². The molecule has 2 aliphatic rings. The molecule has 26 heavy (non-hydrogen) atoms. The molecule has 0 atom stereocenters. The van der Waals surface area contributed by atoms with Crippen LogP contribution in [0.3, 0.4) is 0 Å². The summed E-state index contributed by atoms with van der Waals surface area (Å²) < 4.78 is 0. The van der Waals surface area contributed by atoms with Gasteiger partial charge in [-0.05, 0) is 43.1 Å². The molecule has 0 unspecified atom stereocenters. The van der Waals surface area contributed by atoms with Gasteiger partial charge in [0.05, 0.1) is 6.54 Å². The van der Waals surface area contributed by atoms with Gasteiger partial charge >= 0.3 is 0 Å². The highest BCUT2D eigenvalue weighted by atomic mass is 16.2. The maximum Gasteiger partial charge on any atom is 0.241 e. The molecule has 2 aromatic carbocycles. The van der Waals surface area contributed by atoms with Crippen LogP contribution in [0.1, 0.15) is 17.5 Å². The van der Waals surface area contributed by atoms with Gasteiger partial charge in [-0.1, -0.05) is 48.5 Å². The quantitative estimate of drug-likeness (QED) is 0.849. The van der Waals surface area contributed by atoms with Gasteiger partial charge < -0.3 is 4.90 Å². The lowest BCUT2D eigenvalue weighted by Crippen LogP contribution is -2.41. The van der Waals surface area contributed by atoms with Gasteiger partial charge in [-0.25, -0.2) is 0 Å². The summed E-state index contributed by atoms with van der Waals surface area (Å²) in [4.78, 5) is 19.6. The third kappa shape index (κ3) is 3.97. The summed E-state index contributed by atoms with van der Waals surface area (Å²) in [7, 11) is 0. The lowest BCUT2D eigenvalue weighted by molar-refractivity contribution is -0.119. The number of hydrogen-bond donors (Lipinski definition) is 0. The highest BCUT2D eigenvalue weighted by molar-refractivity contribution is 5.96. The van der Waals surface area contributed by atoms with Crippen molar-refractivity contribution in [2.75, 3.05) is 44.2 Å². The van der Waals surface area contributed by atoms with Crippen LogP contribution in [0.4, 0.5) is 5.69 Å². The van der Waals surface area contributed by atoms with Crippen LogP contribution in [0.2, 0.25) is 0 Å². The molecule has 4 rings (SSSR count). The smallest absolute Gasteiger partial charge is 0.241 e. The number of anilines is 1. The van der Waals surface area contributed by atoms with Gasteiger partial charge in [-0.15, -0.1) is 0 Å². The Morgan fingerprint density at radius 2 is 1.54 bits per heavy atom. The summed E-state index contributed by atoms with van der Waals surface area (Å²) in [6, 6.07) is 18.9. The van der Waals surface area contributed by atoms with Gasteiger partial charge in [0, 0.05) is 31.9 Å². The molecule has 1 fully saturated rings. The number of hydrogen-bond acceptors (Lipinski definition) is 3. The van der Waals surface area contributed by atoms with Crippen molar-refractivity contribution in [1.82, 2.24) is 9.80 Å². The number of fused-ring (bicyclic) bond motifs is 1. The summed E-state index contributed by atoms with van der Waals surface area (Å²) in [5.41, 5.74) is 3.77. The third-order valence-electron chi connectivity index (χ3n) is 5.48. The average molecular weight is 349 g/mol. The standard InChI is InChI=1S/C22H27N3O/c26-22(25-14-11-20-9-4-5-10-21(20)25)18-24-13-6-12-23(15-16-24)17-19-7-2-1-3-8-19/h1-5,7-10H,6,11-18H2. The van der Waals surface area contributed by atoms with Crippen LogP contribution in [0.25, 0.3) is 0 Å². The predicted molar refractivity (Wildman–Crippen MR) is 105 cm³/mol. The highest BCUT2D eigenvalue weighted by Gasteiger charge is 2.26. The number of carbonyl (C=O) groups is 1. The first kappa shape index (κ1) is 17.3. The van der Waals surface area contributed by atoms with Gasteiger partial charge in [-0.3, -0.25) is 14.6 Å². The molecule has 1 saturated heterocycles. The molecule has 0 aromatic heterocycles. The highest BCUT2D eigenvalue weighted by Crippen LogP contribution is 2.27. The van der Waals surface area contributed by atoms with E-state index in [1.54, 1.807) is 0 Å². The van der Waals surface area contributed by atoms with E-state index in [0.717, 1.165) is 57.8 Å². The van der Waals surface area contributed by atoms with Crippen molar-refractivity contribution >= 4 is 11.6 Å². The fourth-order valence-electron chi connectivity index (χ4n) is 4.06. The summed E-state index contributed by atoms with van der Waals surface area (Å²) in [5.74, 6) is 0.242. The Hall–Kier alpha value is -2.17. The molecule has 0 bridgehead atoms. The Kier molecular flexibility index (Phi) is 5.32. The van der Waals surface area contributed by atoms with Gasteiger partial charge in [0.15, 0.2) is 0 Å². The molecule has 136 valence electrons. The van der Waals surface area contributed by atoms with Crippen LogP contribution in [0, 0.1) is 0 Å². The van der Waals surface area contributed by atoms with Crippen molar-refractivity contribution in [2.24, 2.45) is 0 Å². The summed E-state index contributed by atoms with van der Waals surface area (Å²) in [5, 5.41) is 0. The van der Waals surface area contributed by atoms with Crippen LogP contribution in [0.15, 0.2) is 54.6 Å². The second-order valence-electron chi connectivity index (χ2n) is 7.32. The topological polar surface area (TPSA) is 26.8 Å². The van der Waals surface area contributed by atoms with Crippen LogP contribution in [0.5, 0.6) is 0 Å². The molecule has 0 aliphatic carbocycles. The number of carbonyl (C=O) groups excluding carboxylic acids is 1. The van der Waals surface area contributed by atoms with Gasteiger partial charge in [0.25, 0.3) is 0 Å². The van der Waals surface area contributed by atoms with E-state index in [9.17, 15) is 4.79 Å². The van der Waals surface area contributed by atoms with E-state index in [4.69, 9.17) is 0 Å². The average Bonchev–Trinajstić information content (AvgIpc) is 2.99. The molecule has 2 heterocycles. The van der Waals surface area contributed by atoms with E-state index in [0.29, 0.717) is 6.54 Å². The summed E-state index contributed by atoms with van der Waals surface area (Å²) in [6.45, 7) is 6.47. The van der Waals surface area contributed by atoms with Crippen molar-refractivity contribution in [3.05, 3.63) is 65.7 Å². The molecule has 4 nitrogen and oxygen atoms in total. The zero-order valence-corrected chi connectivity index (χ0v) is 15.3. The normalized spacial score (nSPS) is 18.5. The van der Waals surface area contributed by atoms with Crippen LogP contribution < -0.4 is 4.90 Å². The maximum absolute atomic E-state index is 12.8. The summed E-state index contributed by atoms with van der Waals surface area (Å²) in [6.07, 6.45) is 2.10. The number of para-hydroxylation sites is 1. The minimum atomic E-state index is 0.242. The first-order valence-corrected chi connectivity index (χ1v) is 9.66. The SMILES string of the molecule is O=C(CN1CCCN(Cc2ccccc2)CC1)N1CCc2ccccc21. The van der Waals surface area contributed by atoms with Crippen LogP contribution >= 0.6 is 0 Å². The second kappa shape index (κ2) is 8.02. The first-order valence-electron chi connectivity index (χ1n) is 9.66. The molecule has 4 heteroatoms. The second-order valence-corrected chi connectivity index (χ2v) is 7.32. The maximum atomic E-state index is 12.8. The van der Waals surface area contributed by atoms with Crippen LogP contribution in [-0.2, 0) is 17.8 Å². The molecular weight excluding hydrogens is 322 g/mol. The Labute approximate surface area is 156 Å². The lowest BCUT2D eigenvalue weighted by atomic mass is 10.2. The van der Waals surface area contributed by atoms with E-state index in [2.05, 4.69) is 58.3 Å². The molecule has 0 spiro atoms. The van der Waals surface area contributed by atoms with Crippen molar-refractivity contribution in [3.63, 3.8) is 0 Å². The lowest BCUT2D eigenvalue weighted by Gasteiger charge is -2.24. The number of benzene rings is 2. The molecular formula is C22H27N3O. The van der Waals surface area contributed by atoms with Crippen LogP contribution in [-0.4, -0.2) is 55.0 Å². The van der Waals surface area contributed by atoms with Crippen molar-refractivity contribution < 1.29 is 4.79 Å². The largest absolute Gasteiger partial charge is 0.311 e. The fourth-order valence-corrected chi connectivity index (χ4v) is 4.06. The van der Waals surface area contributed by atoms with Crippen molar-refractivity contribution in [2.45, 2.75) is 19.4 Å². The Morgan fingerprint density at radius 1 is 0.808 bits per heavy atom. The molecule has 0 saturated carbocycles. The van der Waals surface area contributed by atoms with E-state index < -0.39 is 0 Å². The van der Waals surface area contributed by atoms with Gasteiger partial charge in [0.1, 0.15) is 0 Å². The molecule has 2 aromatic rings. The zero-order chi connectivity index (χ0) is 17.8. The van der Waals surface area contributed by atoms with Gasteiger partial charge in [0.2, 0.25) is 5.91 Å². The number of amides is 1. The number of nitrogens with zero attached hydrogens (tertiary/aromatic N) is 3. The Balaban J connectivity index is 1.31. The minimum Gasteiger partial charge on any atom is -0.311 e. The fraction of sp³-hybridized carbons (Fsp3) is 0.409. The van der Waals surface area contributed by atoms with Crippen molar-refractivity contribution in [1.29, 1.82) is 0 Å². The van der Waals surface area contributed by atoms with Crippen molar-refractivity contribution in [3.8, 4) is 0 Å².